The summed E-state index contributed by atoms with van der Waals surface area (Å²) in [7, 11) is 0. The molecular weight excluding hydrogens is 140 g/mol. The summed E-state index contributed by atoms with van der Waals surface area (Å²) in [6, 6.07) is 0. The second-order valence-electron chi connectivity index (χ2n) is 1.24. The van der Waals surface area contributed by atoms with Gasteiger partial charge in [0.2, 0.25) is 0 Å². The van der Waals surface area contributed by atoms with E-state index in [1.807, 2.05) is 6.92 Å². The van der Waals surface area contributed by atoms with E-state index >= 15 is 0 Å². The third kappa shape index (κ3) is 6.20. The average molecular weight is 149 g/mol. The van der Waals surface area contributed by atoms with Crippen LogP contribution in [0.25, 0.3) is 0 Å². The Morgan fingerprint density at radius 3 is 2.88 bits per heavy atom. The van der Waals surface area contributed by atoms with Crippen molar-refractivity contribution in [1.29, 1.82) is 0 Å². The van der Waals surface area contributed by atoms with E-state index in [0.717, 1.165) is 18.1 Å². The zero-order valence-electron chi connectivity index (χ0n) is 4.91. The van der Waals surface area contributed by atoms with Crippen molar-refractivity contribution in [2.75, 3.05) is 11.6 Å². The smallest absolute Gasteiger partial charge is 0.0231 e. The summed E-state index contributed by atoms with van der Waals surface area (Å²) in [5.41, 5.74) is 0. The van der Waals surface area contributed by atoms with Crippen LogP contribution in [-0.2, 0) is 0 Å². The van der Waals surface area contributed by atoms with Gasteiger partial charge in [-0.05, 0) is 18.6 Å². The predicted octanol–water partition coefficient (Wildman–Crippen LogP) is 2.33. The van der Waals surface area contributed by atoms with Gasteiger partial charge in [-0.3, -0.25) is 0 Å². The number of halogens is 1. The number of hydrogen-bond acceptors (Lipinski definition) is 1. The molecule has 0 aliphatic rings. The minimum Gasteiger partial charge on any atom is -0.127 e. The fraction of sp³-hybridized carbons (Fsp3) is 0.667. The molecule has 0 rings (SSSR count). The van der Waals surface area contributed by atoms with Gasteiger partial charge < -0.3 is 0 Å². The summed E-state index contributed by atoms with van der Waals surface area (Å²) in [6.07, 6.45) is 1.06. The minimum atomic E-state index is 0.748. The van der Waals surface area contributed by atoms with Crippen molar-refractivity contribution in [1.82, 2.24) is 0 Å². The normalized spacial score (nSPS) is 7.75. The van der Waals surface area contributed by atoms with Crippen molar-refractivity contribution in [3.05, 3.63) is 0 Å². The average Bonchev–Trinajstić information content (AvgIpc) is 1.81. The molecule has 0 spiro atoms. The Labute approximate surface area is 60.0 Å². The summed E-state index contributed by atoms with van der Waals surface area (Å²) in [4.78, 5) is 0. The largest absolute Gasteiger partial charge is 0.127 e. The summed E-state index contributed by atoms with van der Waals surface area (Å²) >= 11 is 7.05. The number of rotatable bonds is 3. The first-order valence-corrected chi connectivity index (χ1v) is 4.03. The molecule has 46 valence electrons. The Morgan fingerprint density at radius 1 is 1.62 bits per heavy atom. The van der Waals surface area contributed by atoms with Gasteiger partial charge in [-0.25, -0.2) is 0 Å². The molecule has 0 aliphatic heterocycles. The van der Waals surface area contributed by atoms with E-state index in [1.54, 1.807) is 11.8 Å². The Kier molecular flexibility index (Phi) is 7.38. The molecule has 0 aromatic heterocycles. The van der Waals surface area contributed by atoms with Crippen LogP contribution in [0.3, 0.4) is 0 Å². The van der Waals surface area contributed by atoms with Crippen molar-refractivity contribution in [2.24, 2.45) is 0 Å². The third-order valence-corrected chi connectivity index (χ3v) is 1.66. The quantitative estimate of drug-likeness (QED) is 0.336. The molecule has 2 heteroatoms. The van der Waals surface area contributed by atoms with Crippen molar-refractivity contribution in [3.63, 3.8) is 0 Å². The van der Waals surface area contributed by atoms with Gasteiger partial charge in [-0.2, -0.15) is 0 Å². The first-order chi connectivity index (χ1) is 3.91. The molecular formula is C6H9ClS. The zero-order valence-corrected chi connectivity index (χ0v) is 6.48. The highest BCUT2D eigenvalue weighted by molar-refractivity contribution is 8.03. The van der Waals surface area contributed by atoms with Crippen LogP contribution in [0, 0.1) is 11.2 Å². The van der Waals surface area contributed by atoms with Gasteiger partial charge in [-0.15, -0.1) is 11.6 Å². The maximum absolute atomic E-state index is 5.42. The lowest BCUT2D eigenvalue weighted by Crippen LogP contribution is -1.76. The molecule has 0 fully saturated rings. The third-order valence-electron chi connectivity index (χ3n) is 0.554. The van der Waals surface area contributed by atoms with Crippen LogP contribution in [-0.4, -0.2) is 11.6 Å². The summed E-state index contributed by atoms with van der Waals surface area (Å²) in [5, 5.41) is 2.89. The van der Waals surface area contributed by atoms with Gasteiger partial charge in [0.15, 0.2) is 0 Å². The summed E-state index contributed by atoms with van der Waals surface area (Å²) < 4.78 is 0. The van der Waals surface area contributed by atoms with Gasteiger partial charge in [0, 0.05) is 11.6 Å². The second kappa shape index (κ2) is 7.20. The maximum atomic E-state index is 5.42. The first kappa shape index (κ1) is 8.20. The molecule has 0 unspecified atom stereocenters. The predicted molar refractivity (Wildman–Crippen MR) is 41.2 cm³/mol. The van der Waals surface area contributed by atoms with E-state index in [4.69, 9.17) is 11.6 Å². The van der Waals surface area contributed by atoms with Gasteiger partial charge in [0.1, 0.15) is 0 Å². The lowest BCUT2D eigenvalue weighted by Gasteiger charge is -1.85. The highest BCUT2D eigenvalue weighted by atomic mass is 35.5. The molecule has 0 amide bonds. The molecule has 0 aromatic rings. The Hall–Kier alpha value is 0.200. The Bertz CT molecular complexity index is 90.4. The van der Waals surface area contributed by atoms with Gasteiger partial charge in [0.05, 0.1) is 0 Å². The molecule has 0 saturated carbocycles. The van der Waals surface area contributed by atoms with Gasteiger partial charge in [-0.1, -0.05) is 17.7 Å². The standard InChI is InChI=1S/C6H9ClS/c1-2-5-8-6-3-4-7/h3-4,6H2,1H3. The van der Waals surface area contributed by atoms with E-state index in [1.165, 1.54) is 0 Å². The SMILES string of the molecule is CC#CSCCCCl. The molecule has 0 nitrogen and oxygen atoms in total. The topological polar surface area (TPSA) is 0 Å². The van der Waals surface area contributed by atoms with Crippen molar-refractivity contribution < 1.29 is 0 Å². The lowest BCUT2D eigenvalue weighted by molar-refractivity contribution is 1.12. The van der Waals surface area contributed by atoms with Crippen molar-refractivity contribution >= 4 is 23.4 Å². The van der Waals surface area contributed by atoms with Crippen LogP contribution in [0.1, 0.15) is 13.3 Å². The molecule has 0 bridgehead atoms. The van der Waals surface area contributed by atoms with Crippen LogP contribution < -0.4 is 0 Å². The molecule has 0 aromatic carbocycles. The molecule has 0 radical (unpaired) electrons. The van der Waals surface area contributed by atoms with E-state index in [-0.39, 0.29) is 0 Å². The van der Waals surface area contributed by atoms with E-state index < -0.39 is 0 Å². The summed E-state index contributed by atoms with van der Waals surface area (Å²) in [5.74, 6) is 4.60. The Balaban J connectivity index is 2.79. The first-order valence-electron chi connectivity index (χ1n) is 2.51. The van der Waals surface area contributed by atoms with Crippen LogP contribution in [0.5, 0.6) is 0 Å². The number of alkyl halides is 1. The maximum Gasteiger partial charge on any atom is 0.0231 e. The number of hydrogen-bond donors (Lipinski definition) is 0. The van der Waals surface area contributed by atoms with Crippen molar-refractivity contribution in [3.8, 4) is 11.2 Å². The molecule has 8 heavy (non-hydrogen) atoms. The fourth-order valence-corrected chi connectivity index (χ4v) is 1.08. The van der Waals surface area contributed by atoms with Crippen LogP contribution >= 0.6 is 23.4 Å². The van der Waals surface area contributed by atoms with E-state index in [2.05, 4.69) is 11.2 Å². The Morgan fingerprint density at radius 2 is 2.38 bits per heavy atom. The van der Waals surface area contributed by atoms with Crippen LogP contribution in [0.2, 0.25) is 0 Å². The monoisotopic (exact) mass is 148 g/mol. The van der Waals surface area contributed by atoms with Gasteiger partial charge in [0.25, 0.3) is 0 Å². The van der Waals surface area contributed by atoms with E-state index in [9.17, 15) is 0 Å². The zero-order chi connectivity index (χ0) is 6.24. The van der Waals surface area contributed by atoms with Crippen molar-refractivity contribution in [2.45, 2.75) is 13.3 Å². The van der Waals surface area contributed by atoms with Crippen LogP contribution in [0.15, 0.2) is 0 Å². The van der Waals surface area contributed by atoms with E-state index in [0.29, 0.717) is 0 Å². The van der Waals surface area contributed by atoms with Crippen LogP contribution in [0.4, 0.5) is 0 Å². The second-order valence-corrected chi connectivity index (χ2v) is 2.52. The molecule has 0 heterocycles. The highest BCUT2D eigenvalue weighted by Gasteiger charge is 1.80. The fourth-order valence-electron chi connectivity index (χ4n) is 0.250. The highest BCUT2D eigenvalue weighted by Crippen LogP contribution is 1.99. The molecule has 0 saturated heterocycles. The van der Waals surface area contributed by atoms with Gasteiger partial charge >= 0.3 is 0 Å². The summed E-state index contributed by atoms with van der Waals surface area (Å²) in [6.45, 7) is 1.84. The molecule has 0 atom stereocenters. The number of thioether (sulfide) groups is 1. The molecule has 0 N–H and O–H groups in total. The lowest BCUT2D eigenvalue weighted by atomic mass is 10.6. The minimum absolute atomic E-state index is 0.748. The molecule has 0 aliphatic carbocycles.